The van der Waals surface area contributed by atoms with Crippen molar-refractivity contribution in [3.8, 4) is 11.6 Å². The van der Waals surface area contributed by atoms with Crippen LogP contribution in [0.25, 0.3) is 11.6 Å². The Morgan fingerprint density at radius 2 is 1.83 bits per heavy atom. The zero-order chi connectivity index (χ0) is 20.0. The van der Waals surface area contributed by atoms with Gasteiger partial charge in [-0.1, -0.05) is 0 Å². The van der Waals surface area contributed by atoms with E-state index in [-0.39, 0.29) is 12.1 Å². The van der Waals surface area contributed by atoms with Crippen LogP contribution in [0.15, 0.2) is 36.8 Å². The summed E-state index contributed by atoms with van der Waals surface area (Å²) in [6.45, 7) is 6.37. The van der Waals surface area contributed by atoms with Gasteiger partial charge >= 0.3 is 0 Å². The minimum atomic E-state index is -0.229. The predicted molar refractivity (Wildman–Crippen MR) is 110 cm³/mol. The molecule has 1 atom stereocenters. The lowest BCUT2D eigenvalue weighted by atomic mass is 9.99. The van der Waals surface area contributed by atoms with Crippen LogP contribution in [0.1, 0.15) is 29.9 Å². The van der Waals surface area contributed by atoms with Gasteiger partial charge in [0.05, 0.1) is 17.8 Å². The van der Waals surface area contributed by atoms with E-state index in [1.165, 1.54) is 0 Å². The van der Waals surface area contributed by atoms with Crippen LogP contribution in [0.5, 0.6) is 0 Å². The van der Waals surface area contributed by atoms with Gasteiger partial charge in [0.1, 0.15) is 5.82 Å². The molecule has 3 aromatic rings. The van der Waals surface area contributed by atoms with E-state index < -0.39 is 0 Å². The lowest BCUT2D eigenvalue weighted by Gasteiger charge is -2.39. The number of aryl methyl sites for hydroxylation is 1. The molecule has 0 amide bonds. The van der Waals surface area contributed by atoms with Crippen LogP contribution in [0, 0.1) is 6.92 Å². The molecule has 2 aliphatic heterocycles. The van der Waals surface area contributed by atoms with Gasteiger partial charge in [-0.15, -0.1) is 0 Å². The summed E-state index contributed by atoms with van der Waals surface area (Å²) >= 11 is 0. The van der Waals surface area contributed by atoms with Crippen LogP contribution < -0.4 is 9.80 Å². The number of fused-ring (bicyclic) bond motifs is 1. The van der Waals surface area contributed by atoms with Gasteiger partial charge in [-0.25, -0.2) is 24.9 Å². The summed E-state index contributed by atoms with van der Waals surface area (Å²) in [7, 11) is 0. The summed E-state index contributed by atoms with van der Waals surface area (Å²) in [5, 5.41) is 9.63. The van der Waals surface area contributed by atoms with Crippen molar-refractivity contribution >= 4 is 11.5 Å². The van der Waals surface area contributed by atoms with Gasteiger partial charge in [-0.3, -0.25) is 0 Å². The number of aliphatic hydroxyl groups excluding tert-OH is 1. The zero-order valence-corrected chi connectivity index (χ0v) is 16.5. The molecule has 8 nitrogen and oxygen atoms in total. The normalized spacial score (nSPS) is 19.1. The molecule has 3 aromatic heterocycles. The van der Waals surface area contributed by atoms with Gasteiger partial charge in [0.2, 0.25) is 0 Å². The second-order valence-electron chi connectivity index (χ2n) is 7.67. The van der Waals surface area contributed by atoms with Crippen LogP contribution in [-0.2, 0) is 6.42 Å². The first-order chi connectivity index (χ1) is 14.1. The lowest BCUT2D eigenvalue weighted by molar-refractivity contribution is 0.142. The smallest absolute Gasteiger partial charge is 0.197 e. The van der Waals surface area contributed by atoms with E-state index in [0.29, 0.717) is 24.7 Å². The molecule has 0 saturated carbocycles. The van der Waals surface area contributed by atoms with Gasteiger partial charge in [-0.05, 0) is 26.0 Å². The summed E-state index contributed by atoms with van der Waals surface area (Å²) in [5.74, 6) is 2.07. The molecule has 1 unspecified atom stereocenters. The third-order valence-corrected chi connectivity index (χ3v) is 5.62. The minimum absolute atomic E-state index is 0.119. The number of rotatable bonds is 3. The second-order valence-corrected chi connectivity index (χ2v) is 7.67. The largest absolute Gasteiger partial charge is 0.389 e. The van der Waals surface area contributed by atoms with Crippen LogP contribution >= 0.6 is 0 Å². The van der Waals surface area contributed by atoms with Gasteiger partial charge in [0, 0.05) is 67.7 Å². The molecule has 8 heteroatoms. The zero-order valence-electron chi connectivity index (χ0n) is 16.5. The number of aromatic nitrogens is 5. The number of nitrogens with zero attached hydrogens (tertiary/aromatic N) is 7. The molecule has 0 radical (unpaired) electrons. The van der Waals surface area contributed by atoms with Crippen molar-refractivity contribution in [1.29, 1.82) is 0 Å². The first-order valence-corrected chi connectivity index (χ1v) is 9.90. The van der Waals surface area contributed by atoms with Crippen molar-refractivity contribution in [2.45, 2.75) is 32.4 Å². The van der Waals surface area contributed by atoms with E-state index >= 15 is 0 Å². The van der Waals surface area contributed by atoms with Gasteiger partial charge in [-0.2, -0.15) is 0 Å². The highest BCUT2D eigenvalue weighted by Gasteiger charge is 2.29. The average molecular weight is 389 g/mol. The second kappa shape index (κ2) is 7.04. The topological polar surface area (TPSA) is 91.2 Å². The highest BCUT2D eigenvalue weighted by Crippen LogP contribution is 2.34. The van der Waals surface area contributed by atoms with Crippen LogP contribution in [0.4, 0.5) is 11.5 Å². The summed E-state index contributed by atoms with van der Waals surface area (Å²) in [4.78, 5) is 27.0. The molecule has 0 aliphatic carbocycles. The molecule has 29 heavy (non-hydrogen) atoms. The maximum atomic E-state index is 9.63. The number of pyridine rings is 1. The quantitative estimate of drug-likeness (QED) is 0.727. The van der Waals surface area contributed by atoms with E-state index in [1.807, 2.05) is 13.1 Å². The molecule has 2 aliphatic rings. The Kier molecular flexibility index (Phi) is 4.35. The molecule has 1 fully saturated rings. The van der Waals surface area contributed by atoms with E-state index in [4.69, 9.17) is 9.97 Å². The number of hydrogen-bond acceptors (Lipinski definition) is 8. The summed E-state index contributed by atoms with van der Waals surface area (Å²) < 4.78 is 0. The molecule has 1 saturated heterocycles. The third kappa shape index (κ3) is 3.29. The van der Waals surface area contributed by atoms with Crippen molar-refractivity contribution in [2.24, 2.45) is 0 Å². The standard InChI is InChI=1S/C21H23N7O/c1-13-8-15(27-11-16(29)12-27)9-19(25-13)28-7-4-18-17(14(28)2)10-24-21(26-18)20-22-5-3-6-23-20/h3,5-6,8-10,14,16,29H,4,7,11-12H2,1-2H3. The number of hydrogen-bond donors (Lipinski definition) is 1. The van der Waals surface area contributed by atoms with Gasteiger partial charge in [0.25, 0.3) is 0 Å². The molecule has 0 spiro atoms. The Morgan fingerprint density at radius 3 is 2.59 bits per heavy atom. The van der Waals surface area contributed by atoms with Crippen LogP contribution in [0.2, 0.25) is 0 Å². The summed E-state index contributed by atoms with van der Waals surface area (Å²) in [6.07, 6.45) is 5.89. The van der Waals surface area contributed by atoms with Crippen LogP contribution in [-0.4, -0.2) is 55.8 Å². The first kappa shape index (κ1) is 17.9. The fraction of sp³-hybridized carbons (Fsp3) is 0.381. The number of anilines is 2. The number of β-amino-alcohol motifs (C(OH)–C–C–N with tert-alkyl or cyclic N) is 1. The molecule has 5 rings (SSSR count). The number of aliphatic hydroxyl groups is 1. The van der Waals surface area contributed by atoms with Crippen molar-refractivity contribution in [2.75, 3.05) is 29.4 Å². The van der Waals surface area contributed by atoms with E-state index in [2.05, 4.69) is 43.8 Å². The van der Waals surface area contributed by atoms with Gasteiger partial charge in [0.15, 0.2) is 11.6 Å². The maximum absolute atomic E-state index is 9.63. The first-order valence-electron chi connectivity index (χ1n) is 9.90. The molecule has 0 aromatic carbocycles. The van der Waals surface area contributed by atoms with Crippen molar-refractivity contribution in [3.63, 3.8) is 0 Å². The highest BCUT2D eigenvalue weighted by molar-refractivity contribution is 5.59. The third-order valence-electron chi connectivity index (χ3n) is 5.62. The molecule has 5 heterocycles. The molecular weight excluding hydrogens is 366 g/mol. The summed E-state index contributed by atoms with van der Waals surface area (Å²) in [6, 6.07) is 6.10. The SMILES string of the molecule is Cc1cc(N2CC(O)C2)cc(N2CCc3nc(-c4ncccn4)ncc3C2C)n1. The summed E-state index contributed by atoms with van der Waals surface area (Å²) in [5.41, 5.74) is 4.25. The maximum Gasteiger partial charge on any atom is 0.197 e. The van der Waals surface area contributed by atoms with Crippen molar-refractivity contribution in [3.05, 3.63) is 53.7 Å². The molecule has 1 N–H and O–H groups in total. The highest BCUT2D eigenvalue weighted by atomic mass is 16.3. The molecule has 148 valence electrons. The Balaban J connectivity index is 1.44. The molecular formula is C21H23N7O. The predicted octanol–water partition coefficient (Wildman–Crippen LogP) is 1.94. The average Bonchev–Trinajstić information content (AvgIpc) is 2.71. The Bertz CT molecular complexity index is 1040. The fourth-order valence-electron chi connectivity index (χ4n) is 4.03. The minimum Gasteiger partial charge on any atom is -0.389 e. The Hall–Kier alpha value is -3.13. The monoisotopic (exact) mass is 389 g/mol. The van der Waals surface area contributed by atoms with Crippen LogP contribution in [0.3, 0.4) is 0 Å². The lowest BCUT2D eigenvalue weighted by Crippen LogP contribution is -2.51. The van der Waals surface area contributed by atoms with E-state index in [0.717, 1.165) is 41.4 Å². The van der Waals surface area contributed by atoms with Gasteiger partial charge < -0.3 is 14.9 Å². The Morgan fingerprint density at radius 1 is 1.03 bits per heavy atom. The molecule has 0 bridgehead atoms. The van der Waals surface area contributed by atoms with E-state index in [9.17, 15) is 5.11 Å². The van der Waals surface area contributed by atoms with Crippen molar-refractivity contribution < 1.29 is 5.11 Å². The fourth-order valence-corrected chi connectivity index (χ4v) is 4.03. The van der Waals surface area contributed by atoms with Crippen molar-refractivity contribution in [1.82, 2.24) is 24.9 Å². The Labute approximate surface area is 169 Å². The van der Waals surface area contributed by atoms with E-state index in [1.54, 1.807) is 18.5 Å².